The van der Waals surface area contributed by atoms with E-state index in [0.717, 1.165) is 0 Å². The Labute approximate surface area is 94.0 Å². The number of alkyl halides is 4. The van der Waals surface area contributed by atoms with Crippen LogP contribution in [-0.4, -0.2) is 26.3 Å². The summed E-state index contributed by atoms with van der Waals surface area (Å²) in [5.74, 6) is -0.0804. The van der Waals surface area contributed by atoms with Crippen LogP contribution in [0.15, 0.2) is 6.20 Å². The number of hydrogen-bond donors (Lipinski definition) is 0. The molecule has 3 nitrogen and oxygen atoms in total. The second kappa shape index (κ2) is 5.07. The predicted octanol–water partition coefficient (Wildman–Crippen LogP) is 2.83. The molecule has 0 aliphatic rings. The highest BCUT2D eigenvalue weighted by atomic mass is 35.5. The number of rotatable bonds is 4. The number of aryl methyl sites for hydroxylation is 1. The monoisotopic (exact) mass is 259 g/mol. The van der Waals surface area contributed by atoms with Gasteiger partial charge in [-0.15, -0.1) is 16.7 Å². The molecule has 1 aromatic rings. The van der Waals surface area contributed by atoms with E-state index in [4.69, 9.17) is 11.6 Å². The second-order valence-electron chi connectivity index (χ2n) is 2.82. The Morgan fingerprint density at radius 3 is 2.73 bits per heavy atom. The van der Waals surface area contributed by atoms with Crippen molar-refractivity contribution in [2.75, 3.05) is 5.75 Å². The maximum Gasteiger partial charge on any atom is 0.441 e. The Hall–Kier alpha value is -0.430. The first-order valence-corrected chi connectivity index (χ1v) is 5.55. The van der Waals surface area contributed by atoms with E-state index in [0.29, 0.717) is 5.69 Å². The standard InChI is InChI=1S/C7H9ClF3N3S/c1-5(8)6-4-14(13-12-6)2-3-15-7(9,10)11/h4-5H,2-3H2,1H3. The van der Waals surface area contributed by atoms with Crippen LogP contribution in [0.3, 0.4) is 0 Å². The molecule has 1 aromatic heterocycles. The Morgan fingerprint density at radius 1 is 1.60 bits per heavy atom. The van der Waals surface area contributed by atoms with E-state index in [1.165, 1.54) is 4.68 Å². The highest BCUT2D eigenvalue weighted by molar-refractivity contribution is 8.00. The van der Waals surface area contributed by atoms with E-state index in [-0.39, 0.29) is 29.4 Å². The zero-order valence-corrected chi connectivity index (χ0v) is 9.40. The molecule has 15 heavy (non-hydrogen) atoms. The van der Waals surface area contributed by atoms with Gasteiger partial charge in [-0.3, -0.25) is 4.68 Å². The minimum atomic E-state index is -4.19. The Morgan fingerprint density at radius 2 is 2.27 bits per heavy atom. The van der Waals surface area contributed by atoms with Crippen LogP contribution < -0.4 is 0 Å². The van der Waals surface area contributed by atoms with Gasteiger partial charge in [0.2, 0.25) is 0 Å². The lowest BCUT2D eigenvalue weighted by atomic mass is 10.4. The lowest BCUT2D eigenvalue weighted by Crippen LogP contribution is -2.07. The molecule has 0 amide bonds. The van der Waals surface area contributed by atoms with E-state index < -0.39 is 5.51 Å². The van der Waals surface area contributed by atoms with Crippen molar-refractivity contribution in [1.29, 1.82) is 0 Å². The third kappa shape index (κ3) is 4.74. The maximum atomic E-state index is 11.8. The number of hydrogen-bond acceptors (Lipinski definition) is 3. The molecular formula is C7H9ClF3N3S. The molecule has 0 saturated carbocycles. The van der Waals surface area contributed by atoms with E-state index in [1.54, 1.807) is 13.1 Å². The minimum absolute atomic E-state index is 0.0755. The average molecular weight is 260 g/mol. The second-order valence-corrected chi connectivity index (χ2v) is 4.63. The number of thioether (sulfide) groups is 1. The average Bonchev–Trinajstić information content (AvgIpc) is 2.50. The van der Waals surface area contributed by atoms with Crippen molar-refractivity contribution in [2.24, 2.45) is 0 Å². The van der Waals surface area contributed by atoms with Crippen LogP contribution in [0.2, 0.25) is 0 Å². The summed E-state index contributed by atoms with van der Waals surface area (Å²) in [6.07, 6.45) is 1.55. The van der Waals surface area contributed by atoms with Gasteiger partial charge in [0.15, 0.2) is 0 Å². The highest BCUT2D eigenvalue weighted by Gasteiger charge is 2.27. The fourth-order valence-electron chi connectivity index (χ4n) is 0.860. The molecule has 1 atom stereocenters. The quantitative estimate of drug-likeness (QED) is 0.779. The zero-order chi connectivity index (χ0) is 11.5. The zero-order valence-electron chi connectivity index (χ0n) is 7.83. The molecule has 0 bridgehead atoms. The van der Waals surface area contributed by atoms with Crippen LogP contribution in [0.25, 0.3) is 0 Å². The van der Waals surface area contributed by atoms with Crippen molar-refractivity contribution in [1.82, 2.24) is 15.0 Å². The van der Waals surface area contributed by atoms with Gasteiger partial charge in [0.25, 0.3) is 0 Å². The number of nitrogens with zero attached hydrogens (tertiary/aromatic N) is 3. The van der Waals surface area contributed by atoms with Crippen LogP contribution in [0, 0.1) is 0 Å². The number of aromatic nitrogens is 3. The van der Waals surface area contributed by atoms with E-state index in [2.05, 4.69) is 10.3 Å². The molecule has 0 fully saturated rings. The van der Waals surface area contributed by atoms with Crippen LogP contribution in [0.5, 0.6) is 0 Å². The molecule has 1 rings (SSSR count). The van der Waals surface area contributed by atoms with Crippen LogP contribution in [0.4, 0.5) is 13.2 Å². The molecule has 1 heterocycles. The molecule has 86 valence electrons. The summed E-state index contributed by atoms with van der Waals surface area (Å²) >= 11 is 5.65. The van der Waals surface area contributed by atoms with Crippen molar-refractivity contribution in [2.45, 2.75) is 24.4 Å². The Bertz CT molecular complexity index is 313. The van der Waals surface area contributed by atoms with Gasteiger partial charge in [-0.1, -0.05) is 5.21 Å². The molecule has 0 radical (unpaired) electrons. The fraction of sp³-hybridized carbons (Fsp3) is 0.714. The molecule has 0 aliphatic heterocycles. The Balaban J connectivity index is 2.38. The van der Waals surface area contributed by atoms with Crippen molar-refractivity contribution in [3.05, 3.63) is 11.9 Å². The van der Waals surface area contributed by atoms with Gasteiger partial charge in [0.05, 0.1) is 11.9 Å². The van der Waals surface area contributed by atoms with E-state index >= 15 is 0 Å². The van der Waals surface area contributed by atoms with Crippen molar-refractivity contribution in [3.63, 3.8) is 0 Å². The minimum Gasteiger partial charge on any atom is -0.251 e. The topological polar surface area (TPSA) is 30.7 Å². The Kier molecular flexibility index (Phi) is 4.27. The summed E-state index contributed by atoms with van der Waals surface area (Å²) in [6.45, 7) is 1.89. The van der Waals surface area contributed by atoms with Crippen LogP contribution in [-0.2, 0) is 6.54 Å². The summed E-state index contributed by atoms with van der Waals surface area (Å²) in [5.41, 5.74) is -3.63. The molecule has 0 spiro atoms. The molecule has 0 N–H and O–H groups in total. The summed E-state index contributed by atoms with van der Waals surface area (Å²) < 4.78 is 36.7. The lowest BCUT2D eigenvalue weighted by Gasteiger charge is -2.04. The third-order valence-corrected chi connectivity index (χ3v) is 2.49. The van der Waals surface area contributed by atoms with Gasteiger partial charge in [0.1, 0.15) is 5.69 Å². The third-order valence-electron chi connectivity index (χ3n) is 1.55. The first-order chi connectivity index (χ1) is 6.88. The summed E-state index contributed by atoms with van der Waals surface area (Å²) in [4.78, 5) is 0. The first-order valence-electron chi connectivity index (χ1n) is 4.13. The summed E-state index contributed by atoms with van der Waals surface area (Å²) in [5, 5.41) is 7.10. The van der Waals surface area contributed by atoms with Gasteiger partial charge in [-0.05, 0) is 18.7 Å². The predicted molar refractivity (Wildman–Crippen MR) is 52.8 cm³/mol. The molecule has 0 aromatic carbocycles. The highest BCUT2D eigenvalue weighted by Crippen LogP contribution is 2.29. The molecule has 8 heteroatoms. The molecule has 0 saturated heterocycles. The van der Waals surface area contributed by atoms with Gasteiger partial charge in [-0.25, -0.2) is 0 Å². The summed E-state index contributed by atoms with van der Waals surface area (Å²) in [6, 6.07) is 0. The van der Waals surface area contributed by atoms with Crippen LogP contribution >= 0.6 is 23.4 Å². The largest absolute Gasteiger partial charge is 0.441 e. The lowest BCUT2D eigenvalue weighted by molar-refractivity contribution is -0.0328. The van der Waals surface area contributed by atoms with Gasteiger partial charge in [-0.2, -0.15) is 13.2 Å². The normalized spacial score (nSPS) is 14.2. The first kappa shape index (κ1) is 12.6. The van der Waals surface area contributed by atoms with Gasteiger partial charge < -0.3 is 0 Å². The molecular weight excluding hydrogens is 251 g/mol. The SMILES string of the molecule is CC(Cl)c1cn(CCSC(F)(F)F)nn1. The van der Waals surface area contributed by atoms with E-state index in [9.17, 15) is 13.2 Å². The smallest absolute Gasteiger partial charge is 0.251 e. The molecule has 0 aliphatic carbocycles. The van der Waals surface area contributed by atoms with Gasteiger partial charge in [0, 0.05) is 11.9 Å². The van der Waals surface area contributed by atoms with Crippen molar-refractivity contribution < 1.29 is 13.2 Å². The fourth-order valence-corrected chi connectivity index (χ4v) is 1.47. The number of halogens is 4. The summed E-state index contributed by atoms with van der Waals surface area (Å²) in [7, 11) is 0. The van der Waals surface area contributed by atoms with Gasteiger partial charge >= 0.3 is 5.51 Å². The maximum absolute atomic E-state index is 11.8. The van der Waals surface area contributed by atoms with Crippen molar-refractivity contribution >= 4 is 23.4 Å². The van der Waals surface area contributed by atoms with Crippen molar-refractivity contribution in [3.8, 4) is 0 Å². The van der Waals surface area contributed by atoms with E-state index in [1.807, 2.05) is 0 Å². The van der Waals surface area contributed by atoms with Crippen LogP contribution in [0.1, 0.15) is 18.0 Å². The molecule has 1 unspecified atom stereocenters.